The Balaban J connectivity index is 2.68. The van der Waals surface area contributed by atoms with Crippen LogP contribution in [0.4, 0.5) is 15.3 Å². The summed E-state index contributed by atoms with van der Waals surface area (Å²) in [5.74, 6) is -1.17. The SMILES string of the molecule is NC(=O)OCCNC(=O)N(CC(=O)O)c1ccc(Cl)cc1. The summed E-state index contributed by atoms with van der Waals surface area (Å²) in [6, 6.07) is 5.47. The van der Waals surface area contributed by atoms with Crippen LogP contribution in [0.1, 0.15) is 0 Å². The number of carboxylic acids is 1. The van der Waals surface area contributed by atoms with Gasteiger partial charge in [0.05, 0.1) is 6.54 Å². The standard InChI is InChI=1S/C12H14ClN3O5/c13-8-1-3-9(4-2-8)16(7-10(17)18)12(20)15-5-6-21-11(14)19/h1-4H,5-7H2,(H2,14,19)(H,15,20)(H,17,18). The number of nitrogens with zero attached hydrogens (tertiary/aromatic N) is 1. The van der Waals surface area contributed by atoms with Crippen molar-refractivity contribution in [2.75, 3.05) is 24.6 Å². The Labute approximate surface area is 125 Å². The van der Waals surface area contributed by atoms with Crippen LogP contribution in [0.3, 0.4) is 0 Å². The lowest BCUT2D eigenvalue weighted by Crippen LogP contribution is -2.44. The van der Waals surface area contributed by atoms with Gasteiger partial charge in [0.1, 0.15) is 13.2 Å². The smallest absolute Gasteiger partial charge is 0.404 e. The van der Waals surface area contributed by atoms with Crippen molar-refractivity contribution in [1.82, 2.24) is 5.32 Å². The predicted octanol–water partition coefficient (Wildman–Crippen LogP) is 1.04. The van der Waals surface area contributed by atoms with Gasteiger partial charge in [-0.15, -0.1) is 0 Å². The molecule has 3 amide bonds. The Hall–Kier alpha value is -2.48. The van der Waals surface area contributed by atoms with E-state index in [4.69, 9.17) is 22.4 Å². The zero-order chi connectivity index (χ0) is 15.8. The molecule has 0 saturated carbocycles. The Kier molecular flexibility index (Phi) is 6.28. The number of nitrogens with two attached hydrogens (primary N) is 1. The van der Waals surface area contributed by atoms with E-state index < -0.39 is 24.6 Å². The second-order valence-corrected chi connectivity index (χ2v) is 4.29. The molecule has 0 unspecified atom stereocenters. The first kappa shape index (κ1) is 16.6. The lowest BCUT2D eigenvalue weighted by molar-refractivity contribution is -0.135. The first-order valence-electron chi connectivity index (χ1n) is 5.85. The average Bonchev–Trinajstić information content (AvgIpc) is 2.41. The number of hydrogen-bond donors (Lipinski definition) is 3. The lowest BCUT2D eigenvalue weighted by Gasteiger charge is -2.21. The van der Waals surface area contributed by atoms with Crippen LogP contribution in [0.5, 0.6) is 0 Å². The lowest BCUT2D eigenvalue weighted by atomic mass is 10.3. The zero-order valence-corrected chi connectivity index (χ0v) is 11.7. The van der Waals surface area contributed by atoms with E-state index in [0.717, 1.165) is 4.90 Å². The molecule has 0 aliphatic heterocycles. The molecule has 0 fully saturated rings. The van der Waals surface area contributed by atoms with Gasteiger partial charge in [0.2, 0.25) is 0 Å². The van der Waals surface area contributed by atoms with Gasteiger partial charge >= 0.3 is 18.1 Å². The van der Waals surface area contributed by atoms with Crippen molar-refractivity contribution < 1.29 is 24.2 Å². The fourth-order valence-corrected chi connectivity index (χ4v) is 1.57. The summed E-state index contributed by atoms with van der Waals surface area (Å²) in [5, 5.41) is 11.7. The van der Waals surface area contributed by atoms with Gasteiger partial charge in [0, 0.05) is 10.7 Å². The number of carboxylic acid groups (broad SMARTS) is 1. The molecule has 21 heavy (non-hydrogen) atoms. The van der Waals surface area contributed by atoms with E-state index in [1.54, 1.807) is 0 Å². The highest BCUT2D eigenvalue weighted by atomic mass is 35.5. The van der Waals surface area contributed by atoms with Crippen molar-refractivity contribution in [2.45, 2.75) is 0 Å². The number of benzene rings is 1. The molecule has 0 aromatic heterocycles. The largest absolute Gasteiger partial charge is 0.480 e. The maximum absolute atomic E-state index is 12.0. The van der Waals surface area contributed by atoms with E-state index in [1.165, 1.54) is 24.3 Å². The number of primary amides is 1. The van der Waals surface area contributed by atoms with E-state index >= 15 is 0 Å². The highest BCUT2D eigenvalue weighted by molar-refractivity contribution is 6.30. The predicted molar refractivity (Wildman–Crippen MR) is 75.4 cm³/mol. The minimum atomic E-state index is -1.17. The number of nitrogens with one attached hydrogen (secondary N) is 1. The molecule has 0 spiro atoms. The Morgan fingerprint density at radius 3 is 2.43 bits per heavy atom. The third-order valence-corrected chi connectivity index (χ3v) is 2.55. The number of urea groups is 1. The van der Waals surface area contributed by atoms with Crippen molar-refractivity contribution in [3.63, 3.8) is 0 Å². The van der Waals surface area contributed by atoms with Crippen molar-refractivity contribution in [2.24, 2.45) is 5.73 Å². The van der Waals surface area contributed by atoms with Gasteiger partial charge in [-0.1, -0.05) is 11.6 Å². The van der Waals surface area contributed by atoms with Crippen LogP contribution >= 0.6 is 11.6 Å². The van der Waals surface area contributed by atoms with Crippen molar-refractivity contribution in [3.05, 3.63) is 29.3 Å². The van der Waals surface area contributed by atoms with Crippen LogP contribution in [-0.2, 0) is 9.53 Å². The van der Waals surface area contributed by atoms with E-state index in [9.17, 15) is 14.4 Å². The van der Waals surface area contributed by atoms with Gasteiger partial charge in [-0.05, 0) is 24.3 Å². The summed E-state index contributed by atoms with van der Waals surface area (Å²) in [7, 11) is 0. The first-order valence-corrected chi connectivity index (χ1v) is 6.23. The number of carbonyl (C=O) groups is 3. The van der Waals surface area contributed by atoms with E-state index in [1.807, 2.05) is 0 Å². The molecular weight excluding hydrogens is 302 g/mol. The number of anilines is 1. The highest BCUT2D eigenvalue weighted by Gasteiger charge is 2.18. The summed E-state index contributed by atoms with van der Waals surface area (Å²) in [4.78, 5) is 34.2. The first-order chi connectivity index (χ1) is 9.90. The van der Waals surface area contributed by atoms with Crippen molar-refractivity contribution in [1.29, 1.82) is 0 Å². The Morgan fingerprint density at radius 1 is 1.29 bits per heavy atom. The topological polar surface area (TPSA) is 122 Å². The van der Waals surface area contributed by atoms with Crippen LogP contribution in [0.15, 0.2) is 24.3 Å². The Bertz CT molecular complexity index is 520. The molecule has 0 aliphatic carbocycles. The Morgan fingerprint density at radius 2 is 1.90 bits per heavy atom. The molecule has 0 heterocycles. The van der Waals surface area contributed by atoms with Gasteiger partial charge in [-0.2, -0.15) is 0 Å². The van der Waals surface area contributed by atoms with Crippen molar-refractivity contribution >= 4 is 35.4 Å². The molecule has 4 N–H and O–H groups in total. The molecule has 1 aromatic carbocycles. The molecule has 1 rings (SSSR count). The van der Waals surface area contributed by atoms with E-state index in [-0.39, 0.29) is 13.2 Å². The van der Waals surface area contributed by atoms with Crippen LogP contribution in [0.2, 0.25) is 5.02 Å². The second-order valence-electron chi connectivity index (χ2n) is 3.86. The highest BCUT2D eigenvalue weighted by Crippen LogP contribution is 2.17. The third kappa shape index (κ3) is 6.00. The summed E-state index contributed by atoms with van der Waals surface area (Å²) >= 11 is 5.74. The second kappa shape index (κ2) is 7.95. The summed E-state index contributed by atoms with van der Waals surface area (Å²) in [5.41, 5.74) is 5.14. The van der Waals surface area contributed by atoms with Crippen LogP contribution in [-0.4, -0.2) is 42.9 Å². The molecule has 8 nitrogen and oxygen atoms in total. The number of rotatable bonds is 6. The fraction of sp³-hybridized carbons (Fsp3) is 0.250. The van der Waals surface area contributed by atoms with Gasteiger partial charge in [-0.25, -0.2) is 9.59 Å². The number of halogens is 1. The molecule has 114 valence electrons. The normalized spacial score (nSPS) is 9.76. The van der Waals surface area contributed by atoms with Gasteiger partial charge in [0.25, 0.3) is 0 Å². The maximum Gasteiger partial charge on any atom is 0.404 e. The van der Waals surface area contributed by atoms with Gasteiger partial charge in [-0.3, -0.25) is 9.69 Å². The maximum atomic E-state index is 12.0. The number of ether oxygens (including phenoxy) is 1. The average molecular weight is 316 g/mol. The van der Waals surface area contributed by atoms with Crippen molar-refractivity contribution in [3.8, 4) is 0 Å². The molecule has 0 atom stereocenters. The summed E-state index contributed by atoms with van der Waals surface area (Å²) < 4.78 is 4.45. The quantitative estimate of drug-likeness (QED) is 0.677. The van der Waals surface area contributed by atoms with Crippen LogP contribution < -0.4 is 16.0 Å². The van der Waals surface area contributed by atoms with Crippen LogP contribution in [0, 0.1) is 0 Å². The zero-order valence-electron chi connectivity index (χ0n) is 10.9. The molecule has 1 aromatic rings. The van der Waals surface area contributed by atoms with Crippen LogP contribution in [0.25, 0.3) is 0 Å². The monoisotopic (exact) mass is 315 g/mol. The molecule has 9 heteroatoms. The minimum Gasteiger partial charge on any atom is -0.480 e. The number of carbonyl (C=O) groups excluding carboxylic acids is 2. The number of aliphatic carboxylic acids is 1. The van der Waals surface area contributed by atoms with E-state index in [0.29, 0.717) is 10.7 Å². The molecule has 0 aliphatic rings. The minimum absolute atomic E-state index is 0.00544. The summed E-state index contributed by atoms with van der Waals surface area (Å²) in [6.07, 6.45) is -0.954. The molecule has 0 saturated heterocycles. The van der Waals surface area contributed by atoms with Gasteiger partial charge < -0.3 is 20.9 Å². The molecular formula is C12H14ClN3O5. The number of amides is 3. The summed E-state index contributed by atoms with van der Waals surface area (Å²) in [6.45, 7) is -0.627. The van der Waals surface area contributed by atoms with Gasteiger partial charge in [0.15, 0.2) is 0 Å². The van der Waals surface area contributed by atoms with E-state index in [2.05, 4.69) is 10.1 Å². The third-order valence-electron chi connectivity index (χ3n) is 2.30. The molecule has 0 bridgehead atoms. The molecule has 0 radical (unpaired) electrons. The number of hydrogen-bond acceptors (Lipinski definition) is 4. The fourth-order valence-electron chi connectivity index (χ4n) is 1.44.